The van der Waals surface area contributed by atoms with Gasteiger partial charge in [-0.3, -0.25) is 9.59 Å². The lowest BCUT2D eigenvalue weighted by atomic mass is 9.69. The maximum atomic E-state index is 14.1. The van der Waals surface area contributed by atoms with Gasteiger partial charge < -0.3 is 0 Å². The number of Topliss-reactive ketones (excluding diaryl/α,β-unsaturated/α-hetero) is 1. The van der Waals surface area contributed by atoms with Gasteiger partial charge in [-0.2, -0.15) is 0 Å². The van der Waals surface area contributed by atoms with Crippen LogP contribution in [0.1, 0.15) is 63.0 Å². The van der Waals surface area contributed by atoms with Crippen LogP contribution in [-0.2, 0) is 19.8 Å². The largest absolute Gasteiger partial charge is 0.382 e. The molecule has 4 nitrogen and oxygen atoms in total. The number of rotatable bonds is 7. The SMILES string of the molecule is CCC[N+]1(C(=O)C(=O)C2CCCCC2)CCC(c2ccccc2)(c2ccccc2)C1C(=O)S. The minimum absolute atomic E-state index is 0.113. The molecule has 0 spiro atoms. The van der Waals surface area contributed by atoms with Crippen molar-refractivity contribution >= 4 is 29.4 Å². The zero-order valence-corrected chi connectivity index (χ0v) is 20.3. The number of thiol groups is 1. The highest BCUT2D eigenvalue weighted by molar-refractivity contribution is 7.96. The molecule has 2 unspecified atom stereocenters. The molecule has 2 fully saturated rings. The van der Waals surface area contributed by atoms with E-state index in [0.717, 1.165) is 43.2 Å². The van der Waals surface area contributed by atoms with E-state index >= 15 is 0 Å². The lowest BCUT2D eigenvalue weighted by molar-refractivity contribution is -0.855. The Morgan fingerprint density at radius 3 is 1.94 bits per heavy atom. The van der Waals surface area contributed by atoms with Crippen molar-refractivity contribution in [1.29, 1.82) is 0 Å². The summed E-state index contributed by atoms with van der Waals surface area (Å²) in [5.74, 6) is -0.873. The highest BCUT2D eigenvalue weighted by Gasteiger charge is 2.66. The highest BCUT2D eigenvalue weighted by atomic mass is 32.1. The van der Waals surface area contributed by atoms with Gasteiger partial charge in [-0.05, 0) is 30.4 Å². The van der Waals surface area contributed by atoms with Gasteiger partial charge in [-0.25, -0.2) is 9.28 Å². The standard InChI is InChI=1S/C28H33NO3S/c1-2-19-29(26(31)24(30)21-12-6-3-7-13-21)20-18-28(25(29)27(32)33,22-14-8-4-9-15-22)23-16-10-5-11-17-23/h4-5,8-11,14-17,21,25H,2-3,6-7,12-13,18-20H2,1H3/p+1. The maximum Gasteiger partial charge on any atom is 0.382 e. The molecule has 174 valence electrons. The van der Waals surface area contributed by atoms with Crippen molar-refractivity contribution in [3.63, 3.8) is 0 Å². The van der Waals surface area contributed by atoms with Crippen LogP contribution in [0, 0.1) is 5.92 Å². The Labute approximate surface area is 202 Å². The summed E-state index contributed by atoms with van der Waals surface area (Å²) >= 11 is 4.39. The van der Waals surface area contributed by atoms with Crippen LogP contribution in [-0.4, -0.2) is 40.4 Å². The lowest BCUT2D eigenvalue weighted by Crippen LogP contribution is -2.65. The summed E-state index contributed by atoms with van der Waals surface area (Å²) in [6.45, 7) is 2.95. The van der Waals surface area contributed by atoms with Gasteiger partial charge >= 0.3 is 5.91 Å². The fourth-order valence-electron chi connectivity index (χ4n) is 6.45. The van der Waals surface area contributed by atoms with Gasteiger partial charge in [0.05, 0.1) is 18.5 Å². The molecule has 2 atom stereocenters. The van der Waals surface area contributed by atoms with E-state index in [4.69, 9.17) is 0 Å². The quantitative estimate of drug-likeness (QED) is 0.352. The Kier molecular flexibility index (Phi) is 7.20. The normalized spacial score (nSPS) is 25.0. The third kappa shape index (κ3) is 4.10. The number of hydrogen-bond donors (Lipinski definition) is 1. The van der Waals surface area contributed by atoms with Gasteiger partial charge in [0.25, 0.3) is 5.78 Å². The highest BCUT2D eigenvalue weighted by Crippen LogP contribution is 2.50. The molecule has 0 N–H and O–H groups in total. The first kappa shape index (κ1) is 23.9. The Morgan fingerprint density at radius 2 is 1.45 bits per heavy atom. The first-order chi connectivity index (χ1) is 16.0. The van der Waals surface area contributed by atoms with E-state index in [0.29, 0.717) is 25.9 Å². The van der Waals surface area contributed by atoms with Crippen LogP contribution in [0.2, 0.25) is 0 Å². The molecule has 1 heterocycles. The molecule has 2 aliphatic rings. The number of likely N-dealkylation sites (tertiary alicyclic amines) is 1. The fraction of sp³-hybridized carbons (Fsp3) is 0.464. The van der Waals surface area contributed by atoms with Crippen LogP contribution in [0.25, 0.3) is 0 Å². The van der Waals surface area contributed by atoms with Gasteiger partial charge in [-0.15, -0.1) is 0 Å². The van der Waals surface area contributed by atoms with Gasteiger partial charge in [-0.1, -0.05) is 99.5 Å². The lowest BCUT2D eigenvalue weighted by Gasteiger charge is -2.42. The minimum Gasteiger partial charge on any atom is -0.284 e. The second-order valence-electron chi connectivity index (χ2n) is 9.68. The number of carbonyl (C=O) groups is 3. The number of hydrogen-bond acceptors (Lipinski definition) is 3. The molecule has 2 aromatic rings. The van der Waals surface area contributed by atoms with Crippen LogP contribution >= 0.6 is 12.6 Å². The molecule has 1 amide bonds. The smallest absolute Gasteiger partial charge is 0.284 e. The number of amides is 1. The predicted octanol–water partition coefficient (Wildman–Crippen LogP) is 5.10. The van der Waals surface area contributed by atoms with Gasteiger partial charge in [0.15, 0.2) is 6.04 Å². The van der Waals surface area contributed by atoms with Crippen molar-refractivity contribution in [3.05, 3.63) is 71.8 Å². The topological polar surface area (TPSA) is 51.2 Å². The number of benzene rings is 2. The molecule has 0 radical (unpaired) electrons. The molecule has 5 heteroatoms. The Bertz CT molecular complexity index is 961. The molecule has 1 saturated heterocycles. The molecule has 1 saturated carbocycles. The summed E-state index contributed by atoms with van der Waals surface area (Å²) in [7, 11) is 0. The molecule has 4 rings (SSSR count). The zero-order valence-electron chi connectivity index (χ0n) is 19.4. The molecule has 0 aromatic heterocycles. The Balaban J connectivity index is 1.88. The van der Waals surface area contributed by atoms with Gasteiger partial charge in [0, 0.05) is 12.3 Å². The summed E-state index contributed by atoms with van der Waals surface area (Å²) in [4.78, 5) is 41.0. The van der Waals surface area contributed by atoms with E-state index in [2.05, 4.69) is 12.6 Å². The monoisotopic (exact) mass is 464 g/mol. The van der Waals surface area contributed by atoms with E-state index in [1.807, 2.05) is 67.6 Å². The van der Waals surface area contributed by atoms with E-state index in [1.165, 1.54) is 0 Å². The van der Waals surface area contributed by atoms with Crippen molar-refractivity contribution in [2.45, 2.75) is 63.3 Å². The third-order valence-corrected chi connectivity index (χ3v) is 8.14. The van der Waals surface area contributed by atoms with Gasteiger partial charge in [0.2, 0.25) is 5.12 Å². The van der Waals surface area contributed by atoms with Crippen LogP contribution in [0.4, 0.5) is 0 Å². The van der Waals surface area contributed by atoms with Crippen LogP contribution in [0.3, 0.4) is 0 Å². The summed E-state index contributed by atoms with van der Waals surface area (Å²) in [5, 5.41) is -0.321. The molecule has 0 bridgehead atoms. The van der Waals surface area contributed by atoms with E-state index in [-0.39, 0.29) is 27.2 Å². The van der Waals surface area contributed by atoms with Crippen molar-refractivity contribution in [2.24, 2.45) is 5.92 Å². The number of nitrogens with zero attached hydrogens (tertiary/aromatic N) is 1. The first-order valence-corrected chi connectivity index (χ1v) is 12.7. The fourth-order valence-corrected chi connectivity index (χ4v) is 6.89. The first-order valence-electron chi connectivity index (χ1n) is 12.3. The number of ketones is 1. The van der Waals surface area contributed by atoms with Crippen LogP contribution in [0.5, 0.6) is 0 Å². The summed E-state index contributed by atoms with van der Waals surface area (Å²) in [5.41, 5.74) is 1.29. The van der Waals surface area contributed by atoms with Crippen LogP contribution < -0.4 is 0 Å². The molecule has 1 aliphatic heterocycles. The zero-order chi connectivity index (χ0) is 23.5. The molecular weight excluding hydrogens is 430 g/mol. The van der Waals surface area contributed by atoms with Crippen LogP contribution in [0.15, 0.2) is 60.7 Å². The maximum absolute atomic E-state index is 14.1. The second kappa shape index (κ2) is 9.94. The van der Waals surface area contributed by atoms with Crippen molar-refractivity contribution < 1.29 is 18.9 Å². The number of carbonyl (C=O) groups excluding carboxylic acids is 3. The van der Waals surface area contributed by atoms with E-state index in [9.17, 15) is 14.4 Å². The average Bonchev–Trinajstić information content (AvgIpc) is 3.22. The molecular formula is C28H34NO3S+. The van der Waals surface area contributed by atoms with Gasteiger partial charge in [0.1, 0.15) is 0 Å². The Hall–Kier alpha value is -2.24. The molecule has 1 aliphatic carbocycles. The summed E-state index contributed by atoms with van der Waals surface area (Å²) in [6.07, 6.45) is 5.98. The van der Waals surface area contributed by atoms with E-state index in [1.54, 1.807) is 0 Å². The molecule has 33 heavy (non-hydrogen) atoms. The molecule has 2 aromatic carbocycles. The van der Waals surface area contributed by atoms with Crippen molar-refractivity contribution in [2.75, 3.05) is 13.1 Å². The van der Waals surface area contributed by atoms with Crippen molar-refractivity contribution in [3.8, 4) is 0 Å². The second-order valence-corrected chi connectivity index (χ2v) is 10.1. The number of quaternary nitrogens is 1. The summed E-state index contributed by atoms with van der Waals surface area (Å²) < 4.78 is -0.113. The Morgan fingerprint density at radius 1 is 0.909 bits per heavy atom. The predicted molar refractivity (Wildman–Crippen MR) is 133 cm³/mol. The third-order valence-electron chi connectivity index (χ3n) is 7.89. The van der Waals surface area contributed by atoms with Crippen molar-refractivity contribution in [1.82, 2.24) is 0 Å². The summed E-state index contributed by atoms with van der Waals surface area (Å²) in [6, 6.07) is 19.2. The van der Waals surface area contributed by atoms with E-state index < -0.39 is 11.5 Å². The minimum atomic E-state index is -0.745. The average molecular weight is 465 g/mol.